The first-order valence-electron chi connectivity index (χ1n) is 7.21. The largest absolute Gasteiger partial charge is 0.490 e. The summed E-state index contributed by atoms with van der Waals surface area (Å²) >= 11 is 0. The van der Waals surface area contributed by atoms with Crippen LogP contribution in [0.1, 0.15) is 26.2 Å². The summed E-state index contributed by atoms with van der Waals surface area (Å²) in [5.74, 6) is 2.22. The summed E-state index contributed by atoms with van der Waals surface area (Å²) < 4.78 is 11.2. The van der Waals surface area contributed by atoms with Crippen LogP contribution >= 0.6 is 0 Å². The van der Waals surface area contributed by atoms with E-state index >= 15 is 0 Å². The average Bonchev–Trinajstić information content (AvgIpc) is 2.48. The molecule has 1 atom stereocenters. The van der Waals surface area contributed by atoms with Crippen LogP contribution in [0.15, 0.2) is 6.33 Å². The van der Waals surface area contributed by atoms with Gasteiger partial charge in [-0.25, -0.2) is 9.97 Å². The summed E-state index contributed by atoms with van der Waals surface area (Å²) in [6.45, 7) is 4.50. The highest BCUT2D eigenvalue weighted by Gasteiger charge is 2.20. The van der Waals surface area contributed by atoms with Gasteiger partial charge >= 0.3 is 0 Å². The average molecular weight is 280 g/mol. The number of nitrogens with one attached hydrogen (secondary N) is 1. The van der Waals surface area contributed by atoms with Gasteiger partial charge in [0.05, 0.1) is 13.2 Å². The molecule has 0 aromatic carbocycles. The zero-order valence-corrected chi connectivity index (χ0v) is 12.6. The van der Waals surface area contributed by atoms with Crippen molar-refractivity contribution in [3.05, 3.63) is 6.33 Å². The third-order valence-electron chi connectivity index (χ3n) is 3.45. The summed E-state index contributed by atoms with van der Waals surface area (Å²) in [4.78, 5) is 10.7. The standard InChI is InChI=1S/C14H24N4O2/c1-4-15-13-12(19-3)14(17-10-16-13)18(2)9-11-7-5-6-8-20-11/h10-11H,4-9H2,1-3H3,(H,15,16,17). The van der Waals surface area contributed by atoms with Gasteiger partial charge in [-0.2, -0.15) is 0 Å². The molecule has 0 bridgehead atoms. The monoisotopic (exact) mass is 280 g/mol. The van der Waals surface area contributed by atoms with Gasteiger partial charge in [0.25, 0.3) is 0 Å². The first-order valence-corrected chi connectivity index (χ1v) is 7.21. The van der Waals surface area contributed by atoms with Crippen molar-refractivity contribution in [2.75, 3.05) is 44.1 Å². The van der Waals surface area contributed by atoms with E-state index in [-0.39, 0.29) is 6.10 Å². The normalized spacial score (nSPS) is 18.6. The van der Waals surface area contributed by atoms with E-state index in [1.165, 1.54) is 12.8 Å². The van der Waals surface area contributed by atoms with E-state index in [0.29, 0.717) is 5.75 Å². The molecular weight excluding hydrogens is 256 g/mol. The molecule has 1 N–H and O–H groups in total. The molecule has 6 nitrogen and oxygen atoms in total. The molecule has 0 amide bonds. The van der Waals surface area contributed by atoms with Crippen molar-refractivity contribution < 1.29 is 9.47 Å². The molecule has 112 valence electrons. The number of likely N-dealkylation sites (N-methyl/N-ethyl adjacent to an activating group) is 1. The summed E-state index contributed by atoms with van der Waals surface area (Å²) in [6.07, 6.45) is 5.35. The quantitative estimate of drug-likeness (QED) is 0.859. The predicted octanol–water partition coefficient (Wildman–Crippen LogP) is 1.92. The number of aromatic nitrogens is 2. The van der Waals surface area contributed by atoms with Crippen LogP contribution in [0.4, 0.5) is 11.6 Å². The molecule has 1 aromatic rings. The Morgan fingerprint density at radius 2 is 2.30 bits per heavy atom. The highest BCUT2D eigenvalue weighted by Crippen LogP contribution is 2.31. The molecule has 20 heavy (non-hydrogen) atoms. The van der Waals surface area contributed by atoms with E-state index < -0.39 is 0 Å². The van der Waals surface area contributed by atoms with E-state index in [1.54, 1.807) is 13.4 Å². The van der Waals surface area contributed by atoms with Gasteiger partial charge in [-0.3, -0.25) is 0 Å². The molecule has 1 aliphatic rings. The van der Waals surface area contributed by atoms with Crippen LogP contribution in [-0.4, -0.2) is 49.9 Å². The molecular formula is C14H24N4O2. The van der Waals surface area contributed by atoms with Gasteiger partial charge in [-0.05, 0) is 26.2 Å². The summed E-state index contributed by atoms with van der Waals surface area (Å²) in [6, 6.07) is 0. The molecule has 0 spiro atoms. The summed E-state index contributed by atoms with van der Waals surface area (Å²) in [7, 11) is 3.66. The number of anilines is 2. The molecule has 1 fully saturated rings. The lowest BCUT2D eigenvalue weighted by Gasteiger charge is -2.28. The van der Waals surface area contributed by atoms with Crippen molar-refractivity contribution in [3.63, 3.8) is 0 Å². The van der Waals surface area contributed by atoms with Crippen molar-refractivity contribution in [1.29, 1.82) is 0 Å². The minimum Gasteiger partial charge on any atom is -0.490 e. The second-order valence-corrected chi connectivity index (χ2v) is 4.98. The predicted molar refractivity (Wildman–Crippen MR) is 79.6 cm³/mol. The van der Waals surface area contributed by atoms with Crippen LogP contribution in [0.3, 0.4) is 0 Å². The fourth-order valence-corrected chi connectivity index (χ4v) is 2.46. The lowest BCUT2D eigenvalue weighted by Crippen LogP contribution is -2.34. The molecule has 1 unspecified atom stereocenters. The Balaban J connectivity index is 2.11. The molecule has 2 rings (SSSR count). The van der Waals surface area contributed by atoms with Crippen LogP contribution in [0.2, 0.25) is 0 Å². The lowest BCUT2D eigenvalue weighted by molar-refractivity contribution is 0.0215. The van der Waals surface area contributed by atoms with Crippen LogP contribution in [0.25, 0.3) is 0 Å². The Morgan fingerprint density at radius 1 is 1.45 bits per heavy atom. The minimum atomic E-state index is 0.274. The molecule has 1 aliphatic heterocycles. The maximum Gasteiger partial charge on any atom is 0.204 e. The van der Waals surface area contributed by atoms with E-state index in [0.717, 1.165) is 37.8 Å². The van der Waals surface area contributed by atoms with E-state index in [1.807, 2.05) is 14.0 Å². The van der Waals surface area contributed by atoms with Gasteiger partial charge in [0, 0.05) is 26.7 Å². The van der Waals surface area contributed by atoms with Crippen molar-refractivity contribution in [2.45, 2.75) is 32.3 Å². The van der Waals surface area contributed by atoms with Crippen molar-refractivity contribution >= 4 is 11.6 Å². The lowest BCUT2D eigenvalue weighted by atomic mass is 10.1. The number of hydrogen-bond donors (Lipinski definition) is 1. The van der Waals surface area contributed by atoms with Gasteiger partial charge in [0.15, 0.2) is 11.6 Å². The molecule has 0 radical (unpaired) electrons. The number of rotatable bonds is 6. The molecule has 6 heteroatoms. The van der Waals surface area contributed by atoms with Crippen LogP contribution < -0.4 is 15.0 Å². The zero-order valence-electron chi connectivity index (χ0n) is 12.6. The second-order valence-electron chi connectivity index (χ2n) is 4.98. The Bertz CT molecular complexity index is 422. The van der Waals surface area contributed by atoms with Gasteiger partial charge in [0.2, 0.25) is 5.75 Å². The van der Waals surface area contributed by atoms with Crippen molar-refractivity contribution in [2.24, 2.45) is 0 Å². The Morgan fingerprint density at radius 3 is 2.95 bits per heavy atom. The molecule has 1 saturated heterocycles. The highest BCUT2D eigenvalue weighted by molar-refractivity contribution is 5.64. The van der Waals surface area contributed by atoms with Gasteiger partial charge in [0.1, 0.15) is 6.33 Å². The first-order chi connectivity index (χ1) is 9.76. The van der Waals surface area contributed by atoms with Crippen molar-refractivity contribution in [1.82, 2.24) is 9.97 Å². The van der Waals surface area contributed by atoms with Gasteiger partial charge in [-0.15, -0.1) is 0 Å². The topological polar surface area (TPSA) is 59.5 Å². The van der Waals surface area contributed by atoms with Crippen LogP contribution in [0.5, 0.6) is 5.75 Å². The van der Waals surface area contributed by atoms with Crippen molar-refractivity contribution in [3.8, 4) is 5.75 Å². The molecule has 0 aliphatic carbocycles. The smallest absolute Gasteiger partial charge is 0.204 e. The fraction of sp³-hybridized carbons (Fsp3) is 0.714. The highest BCUT2D eigenvalue weighted by atomic mass is 16.5. The van der Waals surface area contributed by atoms with Crippen LogP contribution in [-0.2, 0) is 4.74 Å². The Labute approximate surface area is 120 Å². The minimum absolute atomic E-state index is 0.274. The van der Waals surface area contributed by atoms with Gasteiger partial charge < -0.3 is 19.7 Å². The molecule has 2 heterocycles. The maximum absolute atomic E-state index is 5.78. The Kier molecular flexibility index (Phi) is 5.40. The number of ether oxygens (including phenoxy) is 2. The third kappa shape index (κ3) is 3.50. The summed E-state index contributed by atoms with van der Waals surface area (Å²) in [5, 5.41) is 3.19. The maximum atomic E-state index is 5.78. The number of nitrogens with zero attached hydrogens (tertiary/aromatic N) is 3. The fourth-order valence-electron chi connectivity index (χ4n) is 2.46. The summed E-state index contributed by atoms with van der Waals surface area (Å²) in [5.41, 5.74) is 0. The number of hydrogen-bond acceptors (Lipinski definition) is 6. The van der Waals surface area contributed by atoms with E-state index in [2.05, 4.69) is 20.2 Å². The van der Waals surface area contributed by atoms with Gasteiger partial charge in [-0.1, -0.05) is 0 Å². The molecule has 1 aromatic heterocycles. The number of methoxy groups -OCH3 is 1. The SMILES string of the molecule is CCNc1ncnc(N(C)CC2CCCCO2)c1OC. The zero-order chi connectivity index (χ0) is 14.4. The van der Waals surface area contributed by atoms with E-state index in [4.69, 9.17) is 9.47 Å². The second kappa shape index (κ2) is 7.28. The third-order valence-corrected chi connectivity index (χ3v) is 3.45. The van der Waals surface area contributed by atoms with E-state index in [9.17, 15) is 0 Å². The van der Waals surface area contributed by atoms with Crippen LogP contribution in [0, 0.1) is 0 Å². The first kappa shape index (κ1) is 14.8. The molecule has 0 saturated carbocycles. The Hall–Kier alpha value is -1.56.